The Bertz CT molecular complexity index is 760. The van der Waals surface area contributed by atoms with Gasteiger partial charge in [-0.2, -0.15) is 0 Å². The van der Waals surface area contributed by atoms with Crippen LogP contribution >= 0.6 is 0 Å². The monoisotopic (exact) mass is 265 g/mol. The second kappa shape index (κ2) is 4.81. The van der Waals surface area contributed by atoms with E-state index >= 15 is 0 Å². The van der Waals surface area contributed by atoms with Gasteiger partial charge in [-0.25, -0.2) is 4.98 Å². The molecule has 3 aromatic rings. The van der Waals surface area contributed by atoms with Crippen molar-refractivity contribution in [3.63, 3.8) is 0 Å². The molecular formula is C16H15N3O. The molecule has 3 rings (SSSR count). The Hall–Kier alpha value is -2.62. The zero-order valence-corrected chi connectivity index (χ0v) is 11.4. The van der Waals surface area contributed by atoms with Crippen LogP contribution in [0.2, 0.25) is 0 Å². The number of benzene rings is 1. The van der Waals surface area contributed by atoms with E-state index in [1.807, 2.05) is 59.9 Å². The first kappa shape index (κ1) is 12.4. The zero-order chi connectivity index (χ0) is 14.1. The molecule has 0 fully saturated rings. The van der Waals surface area contributed by atoms with Crippen molar-refractivity contribution in [1.82, 2.24) is 9.38 Å². The largest absolute Gasteiger partial charge is 0.376 e. The molecule has 4 nitrogen and oxygen atoms in total. The number of imidazole rings is 1. The molecule has 4 heteroatoms. The number of aromatic nitrogens is 2. The quantitative estimate of drug-likeness (QED) is 0.683. The van der Waals surface area contributed by atoms with Crippen molar-refractivity contribution < 1.29 is 4.79 Å². The number of carbonyl (C=O) groups excluding carboxylic acids is 1. The fraction of sp³-hybridized carbons (Fsp3) is 0.125. The van der Waals surface area contributed by atoms with Gasteiger partial charge in [0.1, 0.15) is 11.3 Å². The first-order chi connectivity index (χ1) is 9.65. The molecule has 0 unspecified atom stereocenters. The molecule has 0 atom stereocenters. The standard InChI is InChI=1S/C16H15N3O/c1-18(2)13-8-9-15-17-14(11-19(15)10-13)16(20)12-6-4-3-5-7-12/h3-11H,1-2H3. The van der Waals surface area contributed by atoms with Gasteiger partial charge in [-0.15, -0.1) is 0 Å². The first-order valence-corrected chi connectivity index (χ1v) is 6.41. The van der Waals surface area contributed by atoms with Crippen molar-refractivity contribution in [3.05, 3.63) is 66.1 Å². The van der Waals surface area contributed by atoms with E-state index in [1.165, 1.54) is 0 Å². The topological polar surface area (TPSA) is 37.6 Å². The first-order valence-electron chi connectivity index (χ1n) is 6.41. The van der Waals surface area contributed by atoms with Crippen LogP contribution < -0.4 is 4.90 Å². The highest BCUT2D eigenvalue weighted by molar-refractivity contribution is 6.07. The summed E-state index contributed by atoms with van der Waals surface area (Å²) in [5.74, 6) is -0.0549. The fourth-order valence-electron chi connectivity index (χ4n) is 2.09. The van der Waals surface area contributed by atoms with Gasteiger partial charge in [-0.1, -0.05) is 30.3 Å². The Morgan fingerprint density at radius 1 is 1.05 bits per heavy atom. The predicted octanol–water partition coefficient (Wildman–Crippen LogP) is 2.63. The molecule has 0 N–H and O–H groups in total. The van der Waals surface area contributed by atoms with Crippen LogP contribution in [0.15, 0.2) is 54.9 Å². The lowest BCUT2D eigenvalue weighted by atomic mass is 10.1. The number of carbonyl (C=O) groups is 1. The minimum Gasteiger partial charge on any atom is -0.376 e. The molecule has 0 amide bonds. The summed E-state index contributed by atoms with van der Waals surface area (Å²) in [6.45, 7) is 0. The van der Waals surface area contributed by atoms with Gasteiger partial charge in [0.25, 0.3) is 0 Å². The van der Waals surface area contributed by atoms with E-state index in [1.54, 1.807) is 18.3 Å². The number of pyridine rings is 1. The van der Waals surface area contributed by atoms with E-state index in [0.29, 0.717) is 11.3 Å². The van der Waals surface area contributed by atoms with E-state index in [2.05, 4.69) is 4.98 Å². The highest BCUT2D eigenvalue weighted by atomic mass is 16.1. The number of anilines is 1. The van der Waals surface area contributed by atoms with Gasteiger partial charge in [-0.05, 0) is 12.1 Å². The van der Waals surface area contributed by atoms with Crippen molar-refractivity contribution in [2.45, 2.75) is 0 Å². The molecule has 2 aromatic heterocycles. The minimum atomic E-state index is -0.0549. The molecule has 0 radical (unpaired) electrons. The molecule has 0 aliphatic carbocycles. The maximum Gasteiger partial charge on any atom is 0.212 e. The van der Waals surface area contributed by atoms with Crippen molar-refractivity contribution in [2.24, 2.45) is 0 Å². The van der Waals surface area contributed by atoms with Crippen molar-refractivity contribution >= 4 is 17.1 Å². The summed E-state index contributed by atoms with van der Waals surface area (Å²) in [5, 5.41) is 0. The molecule has 0 saturated heterocycles. The van der Waals surface area contributed by atoms with Crippen LogP contribution in [0.4, 0.5) is 5.69 Å². The Morgan fingerprint density at radius 2 is 1.80 bits per heavy atom. The number of hydrogen-bond donors (Lipinski definition) is 0. The average molecular weight is 265 g/mol. The Balaban J connectivity index is 2.03. The summed E-state index contributed by atoms with van der Waals surface area (Å²) < 4.78 is 1.88. The number of fused-ring (bicyclic) bond motifs is 1. The second-order valence-corrected chi connectivity index (χ2v) is 4.87. The van der Waals surface area contributed by atoms with Crippen LogP contribution in [0.25, 0.3) is 5.65 Å². The third kappa shape index (κ3) is 2.16. The normalized spacial score (nSPS) is 10.7. The number of hydrogen-bond acceptors (Lipinski definition) is 3. The Kier molecular flexibility index (Phi) is 2.99. The predicted molar refractivity (Wildman–Crippen MR) is 79.4 cm³/mol. The smallest absolute Gasteiger partial charge is 0.212 e. The van der Waals surface area contributed by atoms with Gasteiger partial charge < -0.3 is 9.30 Å². The summed E-state index contributed by atoms with van der Waals surface area (Å²) in [5.41, 5.74) is 2.96. The Labute approximate surface area is 117 Å². The zero-order valence-electron chi connectivity index (χ0n) is 11.4. The lowest BCUT2D eigenvalue weighted by molar-refractivity contribution is 0.103. The number of rotatable bonds is 3. The molecule has 0 saturated carbocycles. The SMILES string of the molecule is CN(C)c1ccc2nc(C(=O)c3ccccc3)cn2c1. The van der Waals surface area contributed by atoms with Gasteiger partial charge in [0.2, 0.25) is 5.78 Å². The lowest BCUT2D eigenvalue weighted by Gasteiger charge is -2.11. The van der Waals surface area contributed by atoms with Gasteiger partial charge >= 0.3 is 0 Å². The highest BCUT2D eigenvalue weighted by Gasteiger charge is 2.13. The van der Waals surface area contributed by atoms with Crippen LogP contribution in [0, 0.1) is 0 Å². The van der Waals surface area contributed by atoms with E-state index in [4.69, 9.17) is 0 Å². The minimum absolute atomic E-state index is 0.0549. The Morgan fingerprint density at radius 3 is 2.50 bits per heavy atom. The molecular weight excluding hydrogens is 250 g/mol. The molecule has 0 bridgehead atoms. The van der Waals surface area contributed by atoms with Crippen molar-refractivity contribution in [1.29, 1.82) is 0 Å². The third-order valence-electron chi connectivity index (χ3n) is 3.22. The third-order valence-corrected chi connectivity index (χ3v) is 3.22. The molecule has 2 heterocycles. The molecule has 1 aromatic carbocycles. The molecule has 0 aliphatic rings. The molecule has 100 valence electrons. The van der Waals surface area contributed by atoms with Gasteiger partial charge in [0.15, 0.2) is 0 Å². The van der Waals surface area contributed by atoms with Crippen LogP contribution in [0.3, 0.4) is 0 Å². The van der Waals surface area contributed by atoms with Crippen molar-refractivity contribution in [3.8, 4) is 0 Å². The van der Waals surface area contributed by atoms with Gasteiger partial charge in [0, 0.05) is 32.1 Å². The van der Waals surface area contributed by atoms with Crippen LogP contribution in [-0.4, -0.2) is 29.3 Å². The highest BCUT2D eigenvalue weighted by Crippen LogP contribution is 2.15. The lowest BCUT2D eigenvalue weighted by Crippen LogP contribution is -2.09. The summed E-state index contributed by atoms with van der Waals surface area (Å²) in [6, 6.07) is 13.1. The van der Waals surface area contributed by atoms with E-state index in [0.717, 1.165) is 11.3 Å². The van der Waals surface area contributed by atoms with Gasteiger partial charge in [0.05, 0.1) is 5.69 Å². The van der Waals surface area contributed by atoms with E-state index < -0.39 is 0 Å². The summed E-state index contributed by atoms with van der Waals surface area (Å²) in [7, 11) is 3.96. The van der Waals surface area contributed by atoms with Crippen LogP contribution in [0.1, 0.15) is 16.1 Å². The molecule has 0 aliphatic heterocycles. The van der Waals surface area contributed by atoms with E-state index in [-0.39, 0.29) is 5.78 Å². The maximum atomic E-state index is 12.3. The fourth-order valence-corrected chi connectivity index (χ4v) is 2.09. The molecule has 0 spiro atoms. The van der Waals surface area contributed by atoms with Gasteiger partial charge in [-0.3, -0.25) is 4.79 Å². The number of nitrogens with zero attached hydrogens (tertiary/aromatic N) is 3. The summed E-state index contributed by atoms with van der Waals surface area (Å²) in [6.07, 6.45) is 3.74. The summed E-state index contributed by atoms with van der Waals surface area (Å²) >= 11 is 0. The number of ketones is 1. The molecule has 20 heavy (non-hydrogen) atoms. The van der Waals surface area contributed by atoms with E-state index in [9.17, 15) is 4.79 Å². The second-order valence-electron chi connectivity index (χ2n) is 4.87. The van der Waals surface area contributed by atoms with Crippen LogP contribution in [0.5, 0.6) is 0 Å². The average Bonchev–Trinajstić information content (AvgIpc) is 2.90. The maximum absolute atomic E-state index is 12.3. The van der Waals surface area contributed by atoms with Crippen LogP contribution in [-0.2, 0) is 0 Å². The summed E-state index contributed by atoms with van der Waals surface area (Å²) in [4.78, 5) is 18.7. The van der Waals surface area contributed by atoms with Crippen molar-refractivity contribution in [2.75, 3.05) is 19.0 Å².